The van der Waals surface area contributed by atoms with E-state index in [1.54, 1.807) is 0 Å². The van der Waals surface area contributed by atoms with Crippen LogP contribution in [0.2, 0.25) is 15.1 Å². The highest BCUT2D eigenvalue weighted by Crippen LogP contribution is 2.30. The number of nitrogens with zero attached hydrogens (tertiary/aromatic N) is 1. The first-order chi connectivity index (χ1) is 11.8. The highest BCUT2D eigenvalue weighted by Gasteiger charge is 2.15. The zero-order valence-corrected chi connectivity index (χ0v) is 15.2. The van der Waals surface area contributed by atoms with Gasteiger partial charge in [-0.2, -0.15) is 13.5 Å². The van der Waals surface area contributed by atoms with Crippen LogP contribution in [0.1, 0.15) is 5.56 Å². The summed E-state index contributed by atoms with van der Waals surface area (Å²) in [5, 5.41) is 4.30. The molecule has 7 nitrogen and oxygen atoms in total. The number of nitrogens with one attached hydrogen (secondary N) is 2. The fraction of sp³-hybridized carbons (Fsp3) is 0. The number of hydrogen-bond donors (Lipinski definition) is 2. The third kappa shape index (κ3) is 3.67. The fourth-order valence-electron chi connectivity index (χ4n) is 1.97. The number of oxazole rings is 1. The van der Waals surface area contributed by atoms with Gasteiger partial charge in [-0.3, -0.25) is 4.98 Å². The average Bonchev–Trinajstić information content (AvgIpc) is 2.93. The molecule has 0 fully saturated rings. The number of benzene rings is 2. The Hall–Kier alpha value is -2.00. The molecule has 0 amide bonds. The summed E-state index contributed by atoms with van der Waals surface area (Å²) < 4.78 is 29.4. The second kappa shape index (κ2) is 6.72. The number of rotatable bonds is 4. The number of sulfonamides is 1. The van der Waals surface area contributed by atoms with Crippen LogP contribution in [0, 0.1) is 0 Å². The van der Waals surface area contributed by atoms with Crippen molar-refractivity contribution in [3.05, 3.63) is 61.5 Å². The lowest BCUT2D eigenvalue weighted by Crippen LogP contribution is -2.18. The Kier molecular flexibility index (Phi) is 4.79. The van der Waals surface area contributed by atoms with E-state index in [1.807, 2.05) is 4.83 Å². The monoisotopic (exact) mass is 419 g/mol. The van der Waals surface area contributed by atoms with E-state index in [0.717, 1.165) is 6.21 Å². The Bertz CT molecular complexity index is 1150. The van der Waals surface area contributed by atoms with Crippen LogP contribution in [0.5, 0.6) is 0 Å². The van der Waals surface area contributed by atoms with Crippen LogP contribution in [0.4, 0.5) is 0 Å². The Morgan fingerprint density at radius 3 is 2.60 bits per heavy atom. The van der Waals surface area contributed by atoms with E-state index in [0.29, 0.717) is 5.52 Å². The van der Waals surface area contributed by atoms with Crippen LogP contribution in [-0.4, -0.2) is 19.6 Å². The first-order valence-corrected chi connectivity index (χ1v) is 9.21. The maximum atomic E-state index is 12.3. The molecular formula is C14H8Cl3N3O4S. The lowest BCUT2D eigenvalue weighted by atomic mass is 10.2. The molecule has 0 aliphatic rings. The molecule has 25 heavy (non-hydrogen) atoms. The minimum atomic E-state index is -3.99. The molecule has 1 heterocycles. The lowest BCUT2D eigenvalue weighted by Gasteiger charge is -2.05. The summed E-state index contributed by atoms with van der Waals surface area (Å²) in [6.07, 6.45) is 1.14. The van der Waals surface area contributed by atoms with Gasteiger partial charge in [-0.05, 0) is 24.3 Å². The summed E-state index contributed by atoms with van der Waals surface area (Å²) in [6, 6.07) is 6.92. The molecule has 0 saturated carbocycles. The second-order valence-corrected chi connectivity index (χ2v) is 7.64. The van der Waals surface area contributed by atoms with E-state index in [4.69, 9.17) is 39.2 Å². The summed E-state index contributed by atoms with van der Waals surface area (Å²) in [4.78, 5) is 15.4. The molecule has 2 N–H and O–H groups in total. The van der Waals surface area contributed by atoms with Gasteiger partial charge in [0.15, 0.2) is 5.58 Å². The molecule has 0 aliphatic carbocycles. The topological polar surface area (TPSA) is 105 Å². The normalized spacial score (nSPS) is 12.1. The number of fused-ring (bicyclic) bond motifs is 1. The third-order valence-electron chi connectivity index (χ3n) is 3.15. The van der Waals surface area contributed by atoms with Crippen LogP contribution < -0.4 is 10.6 Å². The van der Waals surface area contributed by atoms with Crippen LogP contribution >= 0.6 is 34.8 Å². The predicted octanol–water partition coefficient (Wildman–Crippen LogP) is 3.39. The Balaban J connectivity index is 1.88. The standard InChI is InChI=1S/C14H8Cl3N3O4S/c15-9-2-3-10(16)13(17)8(9)6-18-20-25(22,23)7-1-4-11-12(5-7)24-14(21)19-11/h1-6,20H,(H,19,21)/b18-6+. The van der Waals surface area contributed by atoms with Crippen molar-refractivity contribution in [2.45, 2.75) is 4.90 Å². The predicted molar refractivity (Wildman–Crippen MR) is 96.2 cm³/mol. The molecule has 1 aromatic heterocycles. The molecule has 0 bridgehead atoms. The van der Waals surface area contributed by atoms with E-state index >= 15 is 0 Å². The first-order valence-electron chi connectivity index (χ1n) is 6.59. The average molecular weight is 421 g/mol. The highest BCUT2D eigenvalue weighted by atomic mass is 35.5. The SMILES string of the molecule is O=c1[nH]c2ccc(S(=O)(=O)N/N=C/c3c(Cl)ccc(Cl)c3Cl)cc2o1. The summed E-state index contributed by atoms with van der Waals surface area (Å²) in [6.45, 7) is 0. The molecule has 0 saturated heterocycles. The molecule has 3 rings (SSSR count). The van der Waals surface area contributed by atoms with Gasteiger partial charge >= 0.3 is 5.76 Å². The summed E-state index contributed by atoms with van der Waals surface area (Å²) >= 11 is 17.9. The zero-order chi connectivity index (χ0) is 18.2. The molecular weight excluding hydrogens is 413 g/mol. The van der Waals surface area contributed by atoms with Gasteiger partial charge < -0.3 is 4.42 Å². The Morgan fingerprint density at radius 2 is 1.84 bits per heavy atom. The summed E-state index contributed by atoms with van der Waals surface area (Å²) in [5.41, 5.74) is 0.758. The fourth-order valence-corrected chi connectivity index (χ4v) is 3.41. The van der Waals surface area contributed by atoms with Crippen molar-refractivity contribution < 1.29 is 12.8 Å². The van der Waals surface area contributed by atoms with Crippen LogP contribution in [0.3, 0.4) is 0 Å². The molecule has 0 spiro atoms. The van der Waals surface area contributed by atoms with E-state index in [1.165, 1.54) is 30.3 Å². The van der Waals surface area contributed by atoms with Gasteiger partial charge in [-0.25, -0.2) is 9.63 Å². The largest absolute Gasteiger partial charge is 0.417 e. The summed E-state index contributed by atoms with van der Waals surface area (Å²) in [5.74, 6) is -0.680. The van der Waals surface area contributed by atoms with Gasteiger partial charge in [0.05, 0.1) is 31.7 Å². The number of hydrazone groups is 1. The van der Waals surface area contributed by atoms with Gasteiger partial charge in [0, 0.05) is 11.6 Å². The van der Waals surface area contributed by atoms with E-state index < -0.39 is 15.8 Å². The van der Waals surface area contributed by atoms with Crippen LogP contribution in [0.25, 0.3) is 11.1 Å². The number of H-pyrrole nitrogens is 1. The van der Waals surface area contributed by atoms with Crippen molar-refractivity contribution in [1.82, 2.24) is 9.82 Å². The third-order valence-corrected chi connectivity index (χ3v) is 5.52. The Morgan fingerprint density at radius 1 is 1.12 bits per heavy atom. The molecule has 0 aliphatic heterocycles. The van der Waals surface area contributed by atoms with Gasteiger partial charge in [0.25, 0.3) is 10.0 Å². The lowest BCUT2D eigenvalue weighted by molar-refractivity contribution is 0.553. The maximum Gasteiger partial charge on any atom is 0.417 e. The highest BCUT2D eigenvalue weighted by molar-refractivity contribution is 7.89. The van der Waals surface area contributed by atoms with Crippen molar-refractivity contribution in [2.24, 2.45) is 5.10 Å². The quantitative estimate of drug-likeness (QED) is 0.383. The van der Waals surface area contributed by atoms with Crippen molar-refractivity contribution in [1.29, 1.82) is 0 Å². The molecule has 130 valence electrons. The molecule has 0 radical (unpaired) electrons. The Labute approximate surface area is 156 Å². The van der Waals surface area contributed by atoms with Gasteiger partial charge in [0.1, 0.15) is 0 Å². The minimum absolute atomic E-state index is 0.109. The molecule has 3 aromatic rings. The van der Waals surface area contributed by atoms with Crippen molar-refractivity contribution >= 4 is 62.1 Å². The minimum Gasteiger partial charge on any atom is -0.408 e. The van der Waals surface area contributed by atoms with Crippen LogP contribution in [-0.2, 0) is 10.0 Å². The van der Waals surface area contributed by atoms with Crippen molar-refractivity contribution in [3.63, 3.8) is 0 Å². The van der Waals surface area contributed by atoms with E-state index in [2.05, 4.69) is 10.1 Å². The first kappa shape index (κ1) is 17.8. The van der Waals surface area contributed by atoms with E-state index in [-0.39, 0.29) is 31.1 Å². The van der Waals surface area contributed by atoms with Crippen molar-refractivity contribution in [2.75, 3.05) is 0 Å². The number of aromatic amines is 1. The zero-order valence-electron chi connectivity index (χ0n) is 12.1. The van der Waals surface area contributed by atoms with E-state index in [9.17, 15) is 13.2 Å². The number of aromatic nitrogens is 1. The summed E-state index contributed by atoms with van der Waals surface area (Å²) in [7, 11) is -3.99. The number of halogens is 3. The van der Waals surface area contributed by atoms with Gasteiger partial charge in [-0.1, -0.05) is 34.8 Å². The molecule has 0 unspecified atom stereocenters. The molecule has 0 atom stereocenters. The number of hydrogen-bond acceptors (Lipinski definition) is 5. The van der Waals surface area contributed by atoms with Crippen molar-refractivity contribution in [3.8, 4) is 0 Å². The van der Waals surface area contributed by atoms with Gasteiger partial charge in [-0.15, -0.1) is 0 Å². The molecule has 11 heteroatoms. The second-order valence-electron chi connectivity index (χ2n) is 4.78. The molecule has 2 aromatic carbocycles. The smallest absolute Gasteiger partial charge is 0.408 e. The maximum absolute atomic E-state index is 12.3. The van der Waals surface area contributed by atoms with Gasteiger partial charge in [0.2, 0.25) is 0 Å². The van der Waals surface area contributed by atoms with Crippen LogP contribution in [0.15, 0.2) is 49.5 Å².